The fraction of sp³-hybridized carbons (Fsp3) is 0.500. The second kappa shape index (κ2) is 6.02. The van der Waals surface area contributed by atoms with Crippen LogP contribution in [0.15, 0.2) is 36.9 Å². The van der Waals surface area contributed by atoms with Crippen LogP contribution in [0.5, 0.6) is 0 Å². The lowest BCUT2D eigenvalue weighted by atomic mass is 9.99. The van der Waals surface area contributed by atoms with Gasteiger partial charge in [-0.1, -0.05) is 49.8 Å². The van der Waals surface area contributed by atoms with Gasteiger partial charge in [-0.25, -0.2) is 0 Å². The van der Waals surface area contributed by atoms with E-state index in [0.717, 1.165) is 12.5 Å². The van der Waals surface area contributed by atoms with Crippen LogP contribution in [0, 0.1) is 5.92 Å². The molecule has 0 radical (unpaired) electrons. The maximum absolute atomic E-state index is 4.16. The molecule has 1 aliphatic carbocycles. The molecule has 92 valence electrons. The summed E-state index contributed by atoms with van der Waals surface area (Å²) >= 11 is 0. The first-order valence-corrected chi connectivity index (χ1v) is 6.74. The molecular weight excluding hydrogens is 206 g/mol. The first kappa shape index (κ1) is 12.4. The van der Waals surface area contributed by atoms with Crippen LogP contribution >= 0.6 is 0 Å². The monoisotopic (exact) mass is 229 g/mol. The molecule has 17 heavy (non-hydrogen) atoms. The van der Waals surface area contributed by atoms with Crippen molar-refractivity contribution in [2.24, 2.45) is 5.92 Å². The average molecular weight is 229 g/mol. The lowest BCUT2D eigenvalue weighted by Gasteiger charge is -2.21. The quantitative estimate of drug-likeness (QED) is 0.808. The molecule has 2 rings (SSSR count). The third-order valence-electron chi connectivity index (χ3n) is 3.93. The summed E-state index contributed by atoms with van der Waals surface area (Å²) in [6.07, 6.45) is 5.62. The Balaban J connectivity index is 1.80. The van der Waals surface area contributed by atoms with Crippen molar-refractivity contribution in [1.29, 1.82) is 0 Å². The van der Waals surface area contributed by atoms with E-state index in [4.69, 9.17) is 0 Å². The predicted octanol–water partition coefficient (Wildman–Crippen LogP) is 3.87. The molecule has 0 saturated heterocycles. The highest BCUT2D eigenvalue weighted by Gasteiger charge is 2.20. The van der Waals surface area contributed by atoms with Crippen LogP contribution in [-0.4, -0.2) is 12.6 Å². The summed E-state index contributed by atoms with van der Waals surface area (Å²) in [6.45, 7) is 7.38. The SMILES string of the molecule is C=C(CNC(C)C1CCCC1)c1ccccc1. The third-order valence-corrected chi connectivity index (χ3v) is 3.93. The van der Waals surface area contributed by atoms with Gasteiger partial charge in [0.15, 0.2) is 0 Å². The van der Waals surface area contributed by atoms with Gasteiger partial charge >= 0.3 is 0 Å². The van der Waals surface area contributed by atoms with E-state index in [2.05, 4.69) is 43.1 Å². The summed E-state index contributed by atoms with van der Waals surface area (Å²) in [5.74, 6) is 0.874. The van der Waals surface area contributed by atoms with E-state index in [0.29, 0.717) is 6.04 Å². The molecule has 0 amide bonds. The van der Waals surface area contributed by atoms with Crippen molar-refractivity contribution in [3.05, 3.63) is 42.5 Å². The molecule has 1 fully saturated rings. The zero-order chi connectivity index (χ0) is 12.1. The fourth-order valence-corrected chi connectivity index (χ4v) is 2.68. The van der Waals surface area contributed by atoms with Gasteiger partial charge in [0.25, 0.3) is 0 Å². The van der Waals surface area contributed by atoms with Crippen LogP contribution in [0.2, 0.25) is 0 Å². The number of rotatable bonds is 5. The Labute approximate surface area is 105 Å². The molecule has 1 aromatic rings. The molecule has 1 aliphatic rings. The van der Waals surface area contributed by atoms with E-state index in [1.165, 1.54) is 36.8 Å². The molecule has 1 saturated carbocycles. The van der Waals surface area contributed by atoms with Crippen molar-refractivity contribution >= 4 is 5.57 Å². The van der Waals surface area contributed by atoms with E-state index < -0.39 is 0 Å². The molecule has 1 N–H and O–H groups in total. The Bertz CT molecular complexity index is 349. The van der Waals surface area contributed by atoms with Gasteiger partial charge in [-0.15, -0.1) is 0 Å². The van der Waals surface area contributed by atoms with Crippen LogP contribution < -0.4 is 5.32 Å². The molecule has 0 aromatic heterocycles. The first-order valence-electron chi connectivity index (χ1n) is 6.74. The molecule has 0 bridgehead atoms. The Morgan fingerprint density at radius 1 is 1.29 bits per heavy atom. The molecule has 0 heterocycles. The van der Waals surface area contributed by atoms with E-state index in [-0.39, 0.29) is 0 Å². The van der Waals surface area contributed by atoms with Crippen LogP contribution in [0.3, 0.4) is 0 Å². The average Bonchev–Trinajstić information content (AvgIpc) is 2.90. The van der Waals surface area contributed by atoms with Gasteiger partial charge in [0, 0.05) is 12.6 Å². The number of hydrogen-bond donors (Lipinski definition) is 1. The van der Waals surface area contributed by atoms with Crippen LogP contribution in [0.1, 0.15) is 38.2 Å². The van der Waals surface area contributed by atoms with Crippen molar-refractivity contribution in [1.82, 2.24) is 5.32 Å². The number of benzene rings is 1. The summed E-state index contributed by atoms with van der Waals surface area (Å²) < 4.78 is 0. The topological polar surface area (TPSA) is 12.0 Å². The van der Waals surface area contributed by atoms with Crippen molar-refractivity contribution in [3.8, 4) is 0 Å². The summed E-state index contributed by atoms with van der Waals surface area (Å²) in [5.41, 5.74) is 2.44. The summed E-state index contributed by atoms with van der Waals surface area (Å²) in [5, 5.41) is 3.62. The molecule has 1 nitrogen and oxygen atoms in total. The van der Waals surface area contributed by atoms with Crippen molar-refractivity contribution < 1.29 is 0 Å². The molecule has 1 atom stereocenters. The lowest BCUT2D eigenvalue weighted by molar-refractivity contribution is 0.396. The van der Waals surface area contributed by atoms with E-state index in [9.17, 15) is 0 Å². The second-order valence-corrected chi connectivity index (χ2v) is 5.18. The molecule has 1 heteroatoms. The smallest absolute Gasteiger partial charge is 0.0208 e. The van der Waals surface area contributed by atoms with E-state index in [1.807, 2.05) is 6.07 Å². The Morgan fingerprint density at radius 3 is 2.59 bits per heavy atom. The minimum absolute atomic E-state index is 0.623. The van der Waals surface area contributed by atoms with Crippen LogP contribution in [-0.2, 0) is 0 Å². The Hall–Kier alpha value is -1.08. The van der Waals surface area contributed by atoms with Gasteiger partial charge in [0.1, 0.15) is 0 Å². The van der Waals surface area contributed by atoms with Gasteiger partial charge in [-0.3, -0.25) is 0 Å². The molecule has 1 unspecified atom stereocenters. The summed E-state index contributed by atoms with van der Waals surface area (Å²) in [6, 6.07) is 11.1. The molecular formula is C16H23N. The number of nitrogens with one attached hydrogen (secondary N) is 1. The first-order chi connectivity index (χ1) is 8.27. The van der Waals surface area contributed by atoms with Gasteiger partial charge in [0.05, 0.1) is 0 Å². The van der Waals surface area contributed by atoms with Crippen LogP contribution in [0.25, 0.3) is 5.57 Å². The highest BCUT2D eigenvalue weighted by atomic mass is 14.9. The normalized spacial score (nSPS) is 18.2. The second-order valence-electron chi connectivity index (χ2n) is 5.18. The number of hydrogen-bond acceptors (Lipinski definition) is 1. The van der Waals surface area contributed by atoms with Gasteiger partial charge in [0.2, 0.25) is 0 Å². The minimum Gasteiger partial charge on any atom is -0.310 e. The van der Waals surface area contributed by atoms with Crippen molar-refractivity contribution in [2.75, 3.05) is 6.54 Å². The van der Waals surface area contributed by atoms with Gasteiger partial charge < -0.3 is 5.32 Å². The molecule has 1 aromatic carbocycles. The van der Waals surface area contributed by atoms with Gasteiger partial charge in [-0.05, 0) is 36.8 Å². The van der Waals surface area contributed by atoms with Crippen molar-refractivity contribution in [3.63, 3.8) is 0 Å². The molecule has 0 spiro atoms. The van der Waals surface area contributed by atoms with Gasteiger partial charge in [-0.2, -0.15) is 0 Å². The summed E-state index contributed by atoms with van der Waals surface area (Å²) in [7, 11) is 0. The van der Waals surface area contributed by atoms with E-state index in [1.54, 1.807) is 0 Å². The highest BCUT2D eigenvalue weighted by molar-refractivity contribution is 5.64. The molecule has 0 aliphatic heterocycles. The van der Waals surface area contributed by atoms with E-state index >= 15 is 0 Å². The van der Waals surface area contributed by atoms with Crippen molar-refractivity contribution in [2.45, 2.75) is 38.6 Å². The maximum Gasteiger partial charge on any atom is 0.0208 e. The zero-order valence-corrected chi connectivity index (χ0v) is 10.8. The predicted molar refractivity (Wildman–Crippen MR) is 74.9 cm³/mol. The summed E-state index contributed by atoms with van der Waals surface area (Å²) in [4.78, 5) is 0. The largest absolute Gasteiger partial charge is 0.310 e. The zero-order valence-electron chi connectivity index (χ0n) is 10.8. The standard InChI is InChI=1S/C16H23N/c1-13(15-8-4-3-5-9-15)12-17-14(2)16-10-6-7-11-16/h3-5,8-9,14,16-17H,1,6-7,10-12H2,2H3. The fourth-order valence-electron chi connectivity index (χ4n) is 2.68. The minimum atomic E-state index is 0.623. The highest BCUT2D eigenvalue weighted by Crippen LogP contribution is 2.27. The maximum atomic E-state index is 4.16. The Kier molecular flexibility index (Phi) is 4.38. The Morgan fingerprint density at radius 2 is 1.94 bits per heavy atom. The lowest BCUT2D eigenvalue weighted by Crippen LogP contribution is -2.33. The third kappa shape index (κ3) is 3.44. The van der Waals surface area contributed by atoms with Crippen LogP contribution in [0.4, 0.5) is 0 Å².